The normalized spacial score (nSPS) is 11.8. The van der Waals surface area contributed by atoms with Gasteiger partial charge in [-0.2, -0.15) is 0 Å². The van der Waals surface area contributed by atoms with Crippen molar-refractivity contribution in [1.29, 1.82) is 0 Å². The Morgan fingerprint density at radius 3 is 2.54 bits per heavy atom. The van der Waals surface area contributed by atoms with Gasteiger partial charge in [-0.1, -0.05) is 48.5 Å². The van der Waals surface area contributed by atoms with E-state index in [0.29, 0.717) is 13.2 Å². The molecule has 0 bridgehead atoms. The summed E-state index contributed by atoms with van der Waals surface area (Å²) in [6.45, 7) is 5.12. The Kier molecular flexibility index (Phi) is 7.30. The molecule has 0 fully saturated rings. The van der Waals surface area contributed by atoms with Crippen molar-refractivity contribution in [3.05, 3.63) is 65.7 Å². The van der Waals surface area contributed by atoms with E-state index in [1.165, 1.54) is 5.56 Å². The summed E-state index contributed by atoms with van der Waals surface area (Å²) < 4.78 is 5.44. The molecule has 128 valence electrons. The first-order chi connectivity index (χ1) is 11.7. The number of benzene rings is 2. The lowest BCUT2D eigenvalue weighted by Crippen LogP contribution is -2.36. The highest BCUT2D eigenvalue weighted by Crippen LogP contribution is 2.16. The van der Waals surface area contributed by atoms with Crippen molar-refractivity contribution in [2.24, 2.45) is 0 Å². The van der Waals surface area contributed by atoms with Crippen LogP contribution in [0.2, 0.25) is 0 Å². The van der Waals surface area contributed by atoms with Gasteiger partial charge in [0.05, 0.1) is 6.61 Å². The van der Waals surface area contributed by atoms with E-state index in [9.17, 15) is 4.79 Å². The van der Waals surface area contributed by atoms with E-state index in [0.717, 1.165) is 24.1 Å². The van der Waals surface area contributed by atoms with Crippen LogP contribution in [0.4, 0.5) is 10.5 Å². The van der Waals surface area contributed by atoms with Gasteiger partial charge >= 0.3 is 6.03 Å². The van der Waals surface area contributed by atoms with E-state index < -0.39 is 0 Å². The Labute approximate surface area is 144 Å². The molecule has 0 saturated heterocycles. The van der Waals surface area contributed by atoms with Crippen LogP contribution in [0.15, 0.2) is 54.6 Å². The topological polar surface area (TPSA) is 50.4 Å². The molecule has 0 saturated carbocycles. The number of nitrogens with one attached hydrogen (secondary N) is 2. The molecule has 0 radical (unpaired) electrons. The van der Waals surface area contributed by atoms with Crippen molar-refractivity contribution in [2.45, 2.75) is 39.3 Å². The molecule has 2 amide bonds. The minimum Gasteiger partial charge on any atom is -0.377 e. The fourth-order valence-corrected chi connectivity index (χ4v) is 2.46. The van der Waals surface area contributed by atoms with Crippen molar-refractivity contribution < 1.29 is 9.53 Å². The molecule has 24 heavy (non-hydrogen) atoms. The molecule has 2 N–H and O–H groups in total. The molecular formula is C20H26N2O2. The number of para-hydroxylation sites is 1. The Balaban J connectivity index is 1.82. The zero-order valence-corrected chi connectivity index (χ0v) is 14.4. The van der Waals surface area contributed by atoms with Gasteiger partial charge < -0.3 is 15.4 Å². The van der Waals surface area contributed by atoms with E-state index in [2.05, 4.69) is 22.8 Å². The Morgan fingerprint density at radius 1 is 1.08 bits per heavy atom. The van der Waals surface area contributed by atoms with Crippen LogP contribution < -0.4 is 10.6 Å². The zero-order chi connectivity index (χ0) is 17.2. The van der Waals surface area contributed by atoms with Crippen molar-refractivity contribution in [1.82, 2.24) is 5.32 Å². The molecular weight excluding hydrogens is 300 g/mol. The van der Waals surface area contributed by atoms with E-state index in [1.54, 1.807) is 0 Å². The molecule has 0 aliphatic heterocycles. The molecule has 1 unspecified atom stereocenters. The maximum Gasteiger partial charge on any atom is 0.319 e. The number of anilines is 1. The lowest BCUT2D eigenvalue weighted by atomic mass is 10.1. The molecule has 2 aromatic carbocycles. The van der Waals surface area contributed by atoms with Crippen LogP contribution in [0.25, 0.3) is 0 Å². The lowest BCUT2D eigenvalue weighted by molar-refractivity contribution is 0.134. The first-order valence-corrected chi connectivity index (χ1v) is 8.46. The van der Waals surface area contributed by atoms with Gasteiger partial charge in [0, 0.05) is 23.9 Å². The fraction of sp³-hybridized carbons (Fsp3) is 0.350. The molecule has 1 atom stereocenters. The molecule has 4 nitrogen and oxygen atoms in total. The van der Waals surface area contributed by atoms with E-state index in [-0.39, 0.29) is 12.1 Å². The average Bonchev–Trinajstić information content (AvgIpc) is 2.60. The van der Waals surface area contributed by atoms with Gasteiger partial charge in [-0.05, 0) is 38.3 Å². The first-order valence-electron chi connectivity index (χ1n) is 8.46. The number of aryl methyl sites for hydroxylation is 1. The minimum atomic E-state index is -0.181. The van der Waals surface area contributed by atoms with E-state index >= 15 is 0 Å². The van der Waals surface area contributed by atoms with Crippen LogP contribution in [-0.2, 0) is 17.8 Å². The monoisotopic (exact) mass is 326 g/mol. The largest absolute Gasteiger partial charge is 0.377 e. The molecule has 0 aliphatic carbocycles. The third kappa shape index (κ3) is 6.05. The van der Waals surface area contributed by atoms with Crippen LogP contribution in [-0.4, -0.2) is 18.7 Å². The zero-order valence-electron chi connectivity index (χ0n) is 14.4. The summed E-state index contributed by atoms with van der Waals surface area (Å²) in [6, 6.07) is 17.9. The maximum atomic E-state index is 12.2. The highest BCUT2D eigenvalue weighted by atomic mass is 16.5. The van der Waals surface area contributed by atoms with Crippen molar-refractivity contribution in [3.63, 3.8) is 0 Å². The van der Waals surface area contributed by atoms with E-state index in [4.69, 9.17) is 4.74 Å². The maximum absolute atomic E-state index is 12.2. The van der Waals surface area contributed by atoms with Gasteiger partial charge in [0.25, 0.3) is 0 Å². The smallest absolute Gasteiger partial charge is 0.319 e. The molecule has 0 aromatic heterocycles. The molecule has 4 heteroatoms. The SMILES string of the molecule is CCOCc1ccccc1NC(=O)NC(C)CCc1ccccc1. The molecule has 2 rings (SSSR count). The second-order valence-electron chi connectivity index (χ2n) is 5.82. The highest BCUT2D eigenvalue weighted by Gasteiger charge is 2.10. The Morgan fingerprint density at radius 2 is 1.79 bits per heavy atom. The van der Waals surface area contributed by atoms with Gasteiger partial charge in [-0.15, -0.1) is 0 Å². The second kappa shape index (κ2) is 9.73. The Hall–Kier alpha value is -2.33. The summed E-state index contributed by atoms with van der Waals surface area (Å²) in [5, 5.41) is 5.91. The van der Waals surface area contributed by atoms with Gasteiger partial charge in [0.15, 0.2) is 0 Å². The van der Waals surface area contributed by atoms with Gasteiger partial charge in [-0.3, -0.25) is 0 Å². The van der Waals surface area contributed by atoms with Gasteiger partial charge in [-0.25, -0.2) is 4.79 Å². The lowest BCUT2D eigenvalue weighted by Gasteiger charge is -2.16. The standard InChI is InChI=1S/C20H26N2O2/c1-3-24-15-18-11-7-8-12-19(18)22-20(23)21-16(2)13-14-17-9-5-4-6-10-17/h4-12,16H,3,13-15H2,1-2H3,(H2,21,22,23). The van der Waals surface area contributed by atoms with Crippen LogP contribution in [0.5, 0.6) is 0 Å². The van der Waals surface area contributed by atoms with Crippen molar-refractivity contribution in [2.75, 3.05) is 11.9 Å². The number of hydrogen-bond donors (Lipinski definition) is 2. The number of ether oxygens (including phenoxy) is 1. The third-order valence-corrected chi connectivity index (χ3v) is 3.81. The summed E-state index contributed by atoms with van der Waals surface area (Å²) in [5.74, 6) is 0. The molecule has 0 spiro atoms. The summed E-state index contributed by atoms with van der Waals surface area (Å²) in [5.41, 5.74) is 3.05. The van der Waals surface area contributed by atoms with Crippen LogP contribution in [0.3, 0.4) is 0 Å². The predicted molar refractivity (Wildman–Crippen MR) is 98.2 cm³/mol. The van der Waals surface area contributed by atoms with Crippen LogP contribution in [0, 0.1) is 0 Å². The number of carbonyl (C=O) groups is 1. The summed E-state index contributed by atoms with van der Waals surface area (Å²) in [7, 11) is 0. The fourth-order valence-electron chi connectivity index (χ4n) is 2.46. The number of rotatable bonds is 8. The third-order valence-electron chi connectivity index (χ3n) is 3.81. The van der Waals surface area contributed by atoms with Crippen LogP contribution in [0.1, 0.15) is 31.4 Å². The molecule has 2 aromatic rings. The number of hydrogen-bond acceptors (Lipinski definition) is 2. The van der Waals surface area contributed by atoms with Gasteiger partial charge in [0.1, 0.15) is 0 Å². The van der Waals surface area contributed by atoms with Crippen LogP contribution >= 0.6 is 0 Å². The molecule has 0 aliphatic rings. The summed E-state index contributed by atoms with van der Waals surface area (Å²) in [6.07, 6.45) is 1.85. The highest BCUT2D eigenvalue weighted by molar-refractivity contribution is 5.90. The number of carbonyl (C=O) groups excluding carboxylic acids is 1. The van der Waals surface area contributed by atoms with Crippen molar-refractivity contribution >= 4 is 11.7 Å². The summed E-state index contributed by atoms with van der Waals surface area (Å²) in [4.78, 5) is 12.2. The minimum absolute atomic E-state index is 0.101. The Bertz CT molecular complexity index is 629. The first kappa shape index (κ1) is 18.0. The quantitative estimate of drug-likeness (QED) is 0.757. The van der Waals surface area contributed by atoms with Crippen molar-refractivity contribution in [3.8, 4) is 0 Å². The molecule has 0 heterocycles. The predicted octanol–water partition coefficient (Wildman–Crippen LogP) is 4.37. The van der Waals surface area contributed by atoms with E-state index in [1.807, 2.05) is 56.3 Å². The number of urea groups is 1. The summed E-state index contributed by atoms with van der Waals surface area (Å²) >= 11 is 0. The number of amides is 2. The van der Waals surface area contributed by atoms with Gasteiger partial charge in [0.2, 0.25) is 0 Å². The average molecular weight is 326 g/mol. The second-order valence-corrected chi connectivity index (χ2v) is 5.82.